The van der Waals surface area contributed by atoms with E-state index >= 15 is 0 Å². The highest BCUT2D eigenvalue weighted by atomic mass is 16.4. The molecule has 1 aromatic carbocycles. The minimum absolute atomic E-state index is 0.0352. The van der Waals surface area contributed by atoms with Gasteiger partial charge in [0.05, 0.1) is 6.42 Å². The zero-order valence-corrected chi connectivity index (χ0v) is 9.67. The summed E-state index contributed by atoms with van der Waals surface area (Å²) >= 11 is 0. The van der Waals surface area contributed by atoms with Crippen molar-refractivity contribution >= 4 is 17.6 Å². The number of primary amides is 1. The Morgan fingerprint density at radius 3 is 2.41 bits per heavy atom. The number of anilines is 1. The number of hydrogen-bond donors (Lipinski definition) is 2. The lowest BCUT2D eigenvalue weighted by Gasteiger charge is -2.28. The number of carboxylic acid groups (broad SMARTS) is 1. The summed E-state index contributed by atoms with van der Waals surface area (Å²) in [4.78, 5) is 23.5. The maximum atomic E-state index is 11.2. The first-order chi connectivity index (χ1) is 8.02. The smallest absolute Gasteiger partial charge is 0.305 e. The van der Waals surface area contributed by atoms with E-state index in [4.69, 9.17) is 10.8 Å². The first-order valence-corrected chi connectivity index (χ1v) is 5.35. The maximum Gasteiger partial charge on any atom is 0.305 e. The number of carbonyl (C=O) groups excluding carboxylic acids is 1. The number of hydrogen-bond acceptors (Lipinski definition) is 3. The third kappa shape index (κ3) is 3.79. The summed E-state index contributed by atoms with van der Waals surface area (Å²) in [5, 5.41) is 8.69. The molecule has 0 saturated carbocycles. The molecule has 1 atom stereocenters. The molecule has 1 unspecified atom stereocenters. The van der Waals surface area contributed by atoms with Crippen molar-refractivity contribution in [3.8, 4) is 0 Å². The van der Waals surface area contributed by atoms with Crippen LogP contribution in [0.2, 0.25) is 0 Å². The fourth-order valence-corrected chi connectivity index (χ4v) is 1.54. The average Bonchev–Trinajstić information content (AvgIpc) is 2.30. The van der Waals surface area contributed by atoms with Crippen molar-refractivity contribution in [2.45, 2.75) is 19.4 Å². The Labute approximate surface area is 99.8 Å². The number of nitrogens with two attached hydrogens (primary N) is 1. The van der Waals surface area contributed by atoms with E-state index in [1.165, 1.54) is 0 Å². The molecule has 0 aliphatic heterocycles. The van der Waals surface area contributed by atoms with Gasteiger partial charge in [0.1, 0.15) is 6.04 Å². The molecule has 0 radical (unpaired) electrons. The summed E-state index contributed by atoms with van der Waals surface area (Å²) in [5.41, 5.74) is 6.04. The monoisotopic (exact) mass is 236 g/mol. The highest BCUT2D eigenvalue weighted by molar-refractivity contribution is 5.83. The van der Waals surface area contributed by atoms with Crippen LogP contribution in [0.3, 0.4) is 0 Å². The molecule has 0 aromatic heterocycles. The van der Waals surface area contributed by atoms with E-state index < -0.39 is 17.9 Å². The zero-order chi connectivity index (χ0) is 12.8. The van der Waals surface area contributed by atoms with Gasteiger partial charge in [0, 0.05) is 12.2 Å². The van der Waals surface area contributed by atoms with Crippen LogP contribution >= 0.6 is 0 Å². The fourth-order valence-electron chi connectivity index (χ4n) is 1.54. The summed E-state index contributed by atoms with van der Waals surface area (Å²) < 4.78 is 0. The van der Waals surface area contributed by atoms with Gasteiger partial charge in [-0.1, -0.05) is 18.2 Å². The molecule has 0 saturated heterocycles. The van der Waals surface area contributed by atoms with Gasteiger partial charge in [-0.3, -0.25) is 9.59 Å². The number of para-hydroxylation sites is 1. The molecule has 92 valence electrons. The van der Waals surface area contributed by atoms with E-state index in [0.717, 1.165) is 5.69 Å². The van der Waals surface area contributed by atoms with Crippen molar-refractivity contribution in [2.24, 2.45) is 5.73 Å². The molecule has 1 rings (SSSR count). The Bertz CT molecular complexity index is 392. The largest absolute Gasteiger partial charge is 0.481 e. The van der Waals surface area contributed by atoms with Crippen molar-refractivity contribution in [2.75, 3.05) is 11.4 Å². The van der Waals surface area contributed by atoms with Crippen LogP contribution in [0, 0.1) is 0 Å². The van der Waals surface area contributed by atoms with Crippen molar-refractivity contribution < 1.29 is 14.7 Å². The number of benzene rings is 1. The number of nitrogens with zero attached hydrogens (tertiary/aromatic N) is 1. The Kier molecular flexibility index (Phi) is 4.51. The van der Waals surface area contributed by atoms with Gasteiger partial charge in [-0.2, -0.15) is 0 Å². The number of carboxylic acids is 1. The first kappa shape index (κ1) is 13.0. The van der Waals surface area contributed by atoms with Crippen LogP contribution in [0.15, 0.2) is 30.3 Å². The SMILES string of the molecule is CC(C(N)=O)N(CCC(=O)O)c1ccccc1. The zero-order valence-electron chi connectivity index (χ0n) is 9.67. The molecule has 0 spiro atoms. The van der Waals surface area contributed by atoms with Gasteiger partial charge >= 0.3 is 5.97 Å². The van der Waals surface area contributed by atoms with Crippen LogP contribution in [-0.4, -0.2) is 29.6 Å². The molecular weight excluding hydrogens is 220 g/mol. The Morgan fingerprint density at radius 1 is 1.35 bits per heavy atom. The third-order valence-corrected chi connectivity index (χ3v) is 2.53. The predicted molar refractivity (Wildman–Crippen MR) is 64.7 cm³/mol. The number of amides is 1. The minimum Gasteiger partial charge on any atom is -0.481 e. The first-order valence-electron chi connectivity index (χ1n) is 5.35. The number of aliphatic carboxylic acids is 1. The molecule has 0 aliphatic rings. The van der Waals surface area contributed by atoms with Gasteiger partial charge in [0.15, 0.2) is 0 Å². The molecule has 0 fully saturated rings. The molecule has 0 heterocycles. The normalized spacial score (nSPS) is 11.8. The van der Waals surface area contributed by atoms with Crippen LogP contribution in [0.25, 0.3) is 0 Å². The van der Waals surface area contributed by atoms with Crippen molar-refractivity contribution in [3.63, 3.8) is 0 Å². The van der Waals surface area contributed by atoms with Crippen LogP contribution in [-0.2, 0) is 9.59 Å². The average molecular weight is 236 g/mol. The highest BCUT2D eigenvalue weighted by Gasteiger charge is 2.19. The Balaban J connectivity index is 2.86. The molecule has 0 aliphatic carbocycles. The van der Waals surface area contributed by atoms with Crippen LogP contribution in [0.1, 0.15) is 13.3 Å². The van der Waals surface area contributed by atoms with Gasteiger partial charge in [0.2, 0.25) is 5.91 Å². The standard InChI is InChI=1S/C12H16N2O3/c1-9(12(13)17)14(8-7-11(15)16)10-5-3-2-4-6-10/h2-6,9H,7-8H2,1H3,(H2,13,17)(H,15,16). The lowest BCUT2D eigenvalue weighted by molar-refractivity contribution is -0.137. The second-order valence-electron chi connectivity index (χ2n) is 3.75. The number of rotatable bonds is 6. The van der Waals surface area contributed by atoms with E-state index in [0.29, 0.717) is 0 Å². The third-order valence-electron chi connectivity index (χ3n) is 2.53. The van der Waals surface area contributed by atoms with E-state index in [-0.39, 0.29) is 13.0 Å². The van der Waals surface area contributed by atoms with Crippen molar-refractivity contribution in [1.29, 1.82) is 0 Å². The topological polar surface area (TPSA) is 83.6 Å². The fraction of sp³-hybridized carbons (Fsp3) is 0.333. The Hall–Kier alpha value is -2.04. The lowest BCUT2D eigenvalue weighted by atomic mass is 10.2. The van der Waals surface area contributed by atoms with Gasteiger partial charge in [0.25, 0.3) is 0 Å². The molecule has 5 heteroatoms. The predicted octanol–water partition coefficient (Wildman–Crippen LogP) is 0.842. The summed E-state index contributed by atoms with van der Waals surface area (Å²) in [7, 11) is 0. The van der Waals surface area contributed by atoms with Crippen molar-refractivity contribution in [3.05, 3.63) is 30.3 Å². The second-order valence-corrected chi connectivity index (χ2v) is 3.75. The molecule has 1 aromatic rings. The summed E-state index contributed by atoms with van der Waals surface area (Å²) in [6, 6.07) is 8.63. The van der Waals surface area contributed by atoms with Crippen LogP contribution in [0.4, 0.5) is 5.69 Å². The van der Waals surface area contributed by atoms with Gasteiger partial charge in [-0.25, -0.2) is 0 Å². The second kappa shape index (κ2) is 5.89. The molecule has 0 bridgehead atoms. The number of carbonyl (C=O) groups is 2. The summed E-state index contributed by atoms with van der Waals surface area (Å²) in [5.74, 6) is -1.37. The minimum atomic E-state index is -0.900. The highest BCUT2D eigenvalue weighted by Crippen LogP contribution is 2.16. The van der Waals surface area contributed by atoms with Crippen LogP contribution in [0.5, 0.6) is 0 Å². The summed E-state index contributed by atoms with van der Waals surface area (Å²) in [6.07, 6.45) is -0.0352. The van der Waals surface area contributed by atoms with E-state index in [9.17, 15) is 9.59 Å². The van der Waals surface area contributed by atoms with Crippen LogP contribution < -0.4 is 10.6 Å². The van der Waals surface area contributed by atoms with E-state index in [1.807, 2.05) is 30.3 Å². The maximum absolute atomic E-state index is 11.2. The van der Waals surface area contributed by atoms with Gasteiger partial charge in [-0.15, -0.1) is 0 Å². The molecular formula is C12H16N2O3. The van der Waals surface area contributed by atoms with E-state index in [1.54, 1.807) is 11.8 Å². The van der Waals surface area contributed by atoms with Gasteiger partial charge < -0.3 is 15.7 Å². The molecule has 3 N–H and O–H groups in total. The van der Waals surface area contributed by atoms with Crippen molar-refractivity contribution in [1.82, 2.24) is 0 Å². The van der Waals surface area contributed by atoms with Gasteiger partial charge in [-0.05, 0) is 19.1 Å². The molecule has 1 amide bonds. The lowest BCUT2D eigenvalue weighted by Crippen LogP contribution is -2.43. The van der Waals surface area contributed by atoms with E-state index in [2.05, 4.69) is 0 Å². The quantitative estimate of drug-likeness (QED) is 0.766. The summed E-state index contributed by atoms with van der Waals surface area (Å²) in [6.45, 7) is 1.92. The molecule has 5 nitrogen and oxygen atoms in total. The Morgan fingerprint density at radius 2 is 1.94 bits per heavy atom. The molecule has 17 heavy (non-hydrogen) atoms.